The van der Waals surface area contributed by atoms with Gasteiger partial charge in [0.15, 0.2) is 5.13 Å². The number of hydrogen-bond acceptors (Lipinski definition) is 6. The van der Waals surface area contributed by atoms with E-state index in [1.807, 2.05) is 30.9 Å². The smallest absolute Gasteiger partial charge is 0.253 e. The Hall–Kier alpha value is -2.52. The van der Waals surface area contributed by atoms with Crippen LogP contribution in [-0.4, -0.2) is 83.2 Å². The molecule has 8 nitrogen and oxygen atoms in total. The summed E-state index contributed by atoms with van der Waals surface area (Å²) in [5, 5.41) is 3.35. The van der Waals surface area contributed by atoms with Crippen LogP contribution in [0.15, 0.2) is 18.2 Å². The van der Waals surface area contributed by atoms with Gasteiger partial charge in [-0.05, 0) is 39.1 Å². The molecular weight excluding hydrogens is 402 g/mol. The first kappa shape index (κ1) is 20.7. The van der Waals surface area contributed by atoms with Gasteiger partial charge < -0.3 is 20.0 Å². The van der Waals surface area contributed by atoms with Crippen molar-refractivity contribution >= 4 is 44.4 Å². The number of carbonyl (C=O) groups excluding carboxylic acids is 3. The highest BCUT2D eigenvalue weighted by Gasteiger charge is 2.35. The number of anilines is 1. The van der Waals surface area contributed by atoms with Gasteiger partial charge in [-0.3, -0.25) is 14.4 Å². The van der Waals surface area contributed by atoms with E-state index in [9.17, 15) is 14.4 Å². The fraction of sp³-hybridized carbons (Fsp3) is 0.524. The van der Waals surface area contributed by atoms with Crippen molar-refractivity contribution in [2.45, 2.75) is 26.3 Å². The second-order valence-corrected chi connectivity index (χ2v) is 9.36. The van der Waals surface area contributed by atoms with Gasteiger partial charge in [0, 0.05) is 50.7 Å². The molecule has 3 heterocycles. The molecular formula is C21H27N5O3S. The molecule has 4 rings (SSSR count). The molecule has 1 atom stereocenters. The number of nitrogens with zero attached hydrogens (tertiary/aromatic N) is 4. The van der Waals surface area contributed by atoms with E-state index in [1.54, 1.807) is 11.0 Å². The highest BCUT2D eigenvalue weighted by molar-refractivity contribution is 7.22. The number of aromatic nitrogens is 1. The summed E-state index contributed by atoms with van der Waals surface area (Å²) >= 11 is 1.35. The van der Waals surface area contributed by atoms with Gasteiger partial charge in [-0.15, -0.1) is 0 Å². The average Bonchev–Trinajstić information content (AvgIpc) is 3.30. The minimum absolute atomic E-state index is 0.0153. The molecule has 30 heavy (non-hydrogen) atoms. The first-order valence-electron chi connectivity index (χ1n) is 10.3. The number of piperazine rings is 1. The predicted octanol–water partition coefficient (Wildman–Crippen LogP) is 1.88. The van der Waals surface area contributed by atoms with E-state index >= 15 is 0 Å². The first-order chi connectivity index (χ1) is 14.3. The molecule has 2 aliphatic rings. The maximum Gasteiger partial charge on any atom is 0.253 e. The number of carbonyl (C=O) groups is 3. The van der Waals surface area contributed by atoms with Crippen molar-refractivity contribution in [1.82, 2.24) is 19.7 Å². The van der Waals surface area contributed by atoms with E-state index in [0.717, 1.165) is 36.4 Å². The van der Waals surface area contributed by atoms with Gasteiger partial charge in [-0.1, -0.05) is 11.3 Å². The Balaban J connectivity index is 1.44. The number of rotatable bonds is 4. The molecule has 2 saturated heterocycles. The van der Waals surface area contributed by atoms with Crippen molar-refractivity contribution in [3.05, 3.63) is 23.8 Å². The number of fused-ring (bicyclic) bond motifs is 1. The van der Waals surface area contributed by atoms with Crippen LogP contribution in [0.1, 0.15) is 30.6 Å². The zero-order valence-electron chi connectivity index (χ0n) is 17.6. The third-order valence-electron chi connectivity index (χ3n) is 5.81. The van der Waals surface area contributed by atoms with Gasteiger partial charge in [-0.2, -0.15) is 0 Å². The van der Waals surface area contributed by atoms with Gasteiger partial charge in [0.2, 0.25) is 11.8 Å². The molecule has 160 valence electrons. The summed E-state index contributed by atoms with van der Waals surface area (Å²) in [6.45, 7) is 7.55. The minimum Gasteiger partial charge on any atom is -0.339 e. The molecule has 0 radical (unpaired) electrons. The van der Waals surface area contributed by atoms with Crippen molar-refractivity contribution in [1.29, 1.82) is 0 Å². The van der Waals surface area contributed by atoms with Crippen LogP contribution >= 0.6 is 11.3 Å². The number of hydrogen-bond donors (Lipinski definition) is 1. The van der Waals surface area contributed by atoms with E-state index in [0.29, 0.717) is 17.2 Å². The van der Waals surface area contributed by atoms with Gasteiger partial charge >= 0.3 is 0 Å². The quantitative estimate of drug-likeness (QED) is 0.802. The van der Waals surface area contributed by atoms with Crippen LogP contribution in [0.25, 0.3) is 10.2 Å². The van der Waals surface area contributed by atoms with E-state index in [-0.39, 0.29) is 36.1 Å². The largest absolute Gasteiger partial charge is 0.339 e. The number of amides is 3. The highest BCUT2D eigenvalue weighted by atomic mass is 32.1. The van der Waals surface area contributed by atoms with Gasteiger partial charge in [0.1, 0.15) is 0 Å². The lowest BCUT2D eigenvalue weighted by atomic mass is 10.1. The maximum atomic E-state index is 12.8. The summed E-state index contributed by atoms with van der Waals surface area (Å²) in [4.78, 5) is 47.8. The van der Waals surface area contributed by atoms with Crippen LogP contribution in [0.5, 0.6) is 0 Å². The number of thiazole rings is 1. The van der Waals surface area contributed by atoms with Crippen molar-refractivity contribution in [3.63, 3.8) is 0 Å². The SMILES string of the molecule is CC(C)N1CC(C(=O)Nc2nc3ccc(C(=O)N4CCN(C)CC4)cc3s2)CC1=O. The molecule has 0 spiro atoms. The van der Waals surface area contributed by atoms with Crippen molar-refractivity contribution in [2.24, 2.45) is 5.92 Å². The van der Waals surface area contributed by atoms with Crippen LogP contribution in [0.4, 0.5) is 5.13 Å². The predicted molar refractivity (Wildman–Crippen MR) is 117 cm³/mol. The molecule has 0 saturated carbocycles. The first-order valence-corrected chi connectivity index (χ1v) is 11.1. The number of benzene rings is 1. The average molecular weight is 430 g/mol. The highest BCUT2D eigenvalue weighted by Crippen LogP contribution is 2.29. The Morgan fingerprint density at radius 3 is 2.60 bits per heavy atom. The second kappa shape index (κ2) is 8.31. The molecule has 1 unspecified atom stereocenters. The molecule has 1 aromatic carbocycles. The van der Waals surface area contributed by atoms with Crippen LogP contribution < -0.4 is 5.32 Å². The molecule has 1 aromatic heterocycles. The second-order valence-electron chi connectivity index (χ2n) is 8.33. The van der Waals surface area contributed by atoms with Crippen LogP contribution in [0.2, 0.25) is 0 Å². The Kier molecular flexibility index (Phi) is 5.75. The Morgan fingerprint density at radius 2 is 1.93 bits per heavy atom. The van der Waals surface area contributed by atoms with Crippen molar-refractivity contribution in [3.8, 4) is 0 Å². The summed E-state index contributed by atoms with van der Waals surface area (Å²) < 4.78 is 0.858. The van der Waals surface area contributed by atoms with Crippen LogP contribution in [0.3, 0.4) is 0 Å². The Morgan fingerprint density at radius 1 is 1.20 bits per heavy atom. The minimum atomic E-state index is -0.360. The third kappa shape index (κ3) is 4.17. The zero-order chi connectivity index (χ0) is 21.4. The zero-order valence-corrected chi connectivity index (χ0v) is 18.4. The lowest BCUT2D eigenvalue weighted by molar-refractivity contribution is -0.129. The maximum absolute atomic E-state index is 12.8. The van der Waals surface area contributed by atoms with E-state index in [4.69, 9.17) is 0 Å². The fourth-order valence-electron chi connectivity index (χ4n) is 3.92. The van der Waals surface area contributed by atoms with Crippen molar-refractivity contribution in [2.75, 3.05) is 45.1 Å². The monoisotopic (exact) mass is 429 g/mol. The standard InChI is InChI=1S/C21H27N5O3S/c1-13(2)26-12-15(11-18(26)27)19(28)23-21-22-16-5-4-14(10-17(16)30-21)20(29)25-8-6-24(3)7-9-25/h4-5,10,13,15H,6-9,11-12H2,1-3H3,(H,22,23,28). The molecule has 2 aliphatic heterocycles. The fourth-order valence-corrected chi connectivity index (χ4v) is 4.83. The normalized spacial score (nSPS) is 20.4. The molecule has 2 fully saturated rings. The summed E-state index contributed by atoms with van der Waals surface area (Å²) in [5.41, 5.74) is 1.39. The molecule has 0 bridgehead atoms. The van der Waals surface area contributed by atoms with Crippen molar-refractivity contribution < 1.29 is 14.4 Å². The molecule has 9 heteroatoms. The lowest BCUT2D eigenvalue weighted by Gasteiger charge is -2.32. The Bertz CT molecular complexity index is 980. The van der Waals surface area contributed by atoms with Gasteiger partial charge in [0.05, 0.1) is 16.1 Å². The van der Waals surface area contributed by atoms with Gasteiger partial charge in [-0.25, -0.2) is 4.98 Å². The molecule has 2 aromatic rings. The third-order valence-corrected chi connectivity index (χ3v) is 6.74. The van der Waals surface area contributed by atoms with Gasteiger partial charge in [0.25, 0.3) is 5.91 Å². The summed E-state index contributed by atoms with van der Waals surface area (Å²) in [5.74, 6) is -0.496. The number of nitrogens with one attached hydrogen (secondary N) is 1. The number of likely N-dealkylation sites (tertiary alicyclic amines) is 1. The lowest BCUT2D eigenvalue weighted by Crippen LogP contribution is -2.47. The van der Waals surface area contributed by atoms with E-state index in [1.165, 1.54) is 11.3 Å². The summed E-state index contributed by atoms with van der Waals surface area (Å²) in [7, 11) is 2.06. The summed E-state index contributed by atoms with van der Waals surface area (Å²) in [6.07, 6.45) is 0.235. The van der Waals surface area contributed by atoms with Crippen LogP contribution in [-0.2, 0) is 9.59 Å². The summed E-state index contributed by atoms with van der Waals surface area (Å²) in [6, 6.07) is 5.56. The molecule has 1 N–H and O–H groups in total. The molecule has 3 amide bonds. The van der Waals surface area contributed by atoms with E-state index in [2.05, 4.69) is 22.2 Å². The Labute approximate surface area is 179 Å². The van der Waals surface area contributed by atoms with Crippen LogP contribution in [0, 0.1) is 5.92 Å². The molecule has 0 aliphatic carbocycles. The van der Waals surface area contributed by atoms with E-state index < -0.39 is 0 Å². The number of likely N-dealkylation sites (N-methyl/N-ethyl adjacent to an activating group) is 1. The topological polar surface area (TPSA) is 85.8 Å².